The van der Waals surface area contributed by atoms with Gasteiger partial charge in [0.1, 0.15) is 20.8 Å². The number of hydrogen-bond donors (Lipinski definition) is 1. The molecule has 238 valence electrons. The van der Waals surface area contributed by atoms with Gasteiger partial charge >= 0.3 is 0 Å². The molecular weight excluding hydrogens is 701 g/mol. The van der Waals surface area contributed by atoms with Crippen LogP contribution in [0, 0.1) is 46.0 Å². The number of fused-ring (bicyclic) bond motifs is 7. The molecule has 2 aliphatic rings. The number of nitrogens with zero attached hydrogens (tertiary/aromatic N) is 3. The van der Waals surface area contributed by atoms with Crippen LogP contribution in [0.4, 0.5) is 11.4 Å². The highest BCUT2D eigenvalue weighted by molar-refractivity contribution is 7.28. The third kappa shape index (κ3) is 4.15. The normalized spacial score (nSPS) is 13.4. The Kier molecular flexibility index (Phi) is 6.22. The minimum atomic E-state index is -0.0105. The van der Waals surface area contributed by atoms with E-state index < -0.39 is 0 Å². The number of hydrogen-bond acceptors (Lipinski definition) is 6. The van der Waals surface area contributed by atoms with E-state index in [2.05, 4.69) is 147 Å². The molecule has 1 aliphatic carbocycles. The topological polar surface area (TPSA) is 55.6 Å². The van der Waals surface area contributed by atoms with Crippen molar-refractivity contribution in [3.63, 3.8) is 0 Å². The third-order valence-electron chi connectivity index (χ3n) is 9.92. The minimum absolute atomic E-state index is 0.0105. The summed E-state index contributed by atoms with van der Waals surface area (Å²) in [6.07, 6.45) is 0. The van der Waals surface area contributed by atoms with Gasteiger partial charge in [0, 0.05) is 44.9 Å². The molecule has 11 rings (SSSR count). The average Bonchev–Trinajstić information content (AvgIpc) is 4.02. The number of benzene rings is 4. The summed E-state index contributed by atoms with van der Waals surface area (Å²) in [4.78, 5) is 1.17. The molecule has 8 heteroatoms. The number of nitriles is 1. The quantitative estimate of drug-likeness (QED) is 0.143. The summed E-state index contributed by atoms with van der Waals surface area (Å²) in [5, 5.41) is 28.7. The van der Waals surface area contributed by atoms with Crippen LogP contribution in [0.2, 0.25) is 0 Å². The molecule has 0 radical (unpaired) electrons. The number of thiophene rings is 4. The molecule has 0 unspecified atom stereocenters. The lowest BCUT2D eigenvalue weighted by Gasteiger charge is -2.05. The van der Waals surface area contributed by atoms with E-state index in [4.69, 9.17) is 5.41 Å². The summed E-state index contributed by atoms with van der Waals surface area (Å²) in [6.45, 7) is 0. The van der Waals surface area contributed by atoms with E-state index in [1.807, 2.05) is 22.7 Å². The molecule has 4 aromatic carbocycles. The standard InChI is InChI=1S/C43H23N4S4/c44-23-32(45)39-30-19-24(37-21-35-42(50-37)40-33(15-17-48-40)46(35)26-7-3-1-4-8-26)11-13-28(30)29-14-12-25(20-31(29)39)38-22-36-43(51-38)41-34(16-18-49-41)47(36)27-9-5-2-6-10-27/h1-22,45H/q+1. The van der Waals surface area contributed by atoms with Crippen molar-refractivity contribution in [3.8, 4) is 22.2 Å². The minimum Gasteiger partial charge on any atom is -0.307 e. The Morgan fingerprint density at radius 3 is 2.33 bits per heavy atom. The summed E-state index contributed by atoms with van der Waals surface area (Å²) >= 11 is 7.19. The van der Waals surface area contributed by atoms with E-state index in [1.165, 1.54) is 50.0 Å². The molecule has 0 amide bonds. The summed E-state index contributed by atoms with van der Waals surface area (Å²) in [6, 6.07) is 45.4. The van der Waals surface area contributed by atoms with Gasteiger partial charge in [-0.15, -0.1) is 45.3 Å². The van der Waals surface area contributed by atoms with Crippen molar-refractivity contribution < 1.29 is 0 Å². The molecule has 1 aliphatic heterocycles. The zero-order valence-electron chi connectivity index (χ0n) is 26.7. The van der Waals surface area contributed by atoms with E-state index in [0.717, 1.165) is 43.4 Å². The van der Waals surface area contributed by atoms with Gasteiger partial charge in [0.15, 0.2) is 0 Å². The van der Waals surface area contributed by atoms with Crippen molar-refractivity contribution in [2.45, 2.75) is 0 Å². The summed E-state index contributed by atoms with van der Waals surface area (Å²) in [5.74, 6) is 0. The molecule has 6 heterocycles. The fraction of sp³-hybridized carbons (Fsp3) is 0. The van der Waals surface area contributed by atoms with Gasteiger partial charge in [-0.3, -0.25) is 5.41 Å². The van der Waals surface area contributed by atoms with E-state index >= 15 is 0 Å². The molecule has 0 saturated heterocycles. The van der Waals surface area contributed by atoms with Crippen LogP contribution in [0.5, 0.6) is 0 Å². The largest absolute Gasteiger partial charge is 0.307 e. The lowest BCUT2D eigenvalue weighted by molar-refractivity contribution is 1.00. The maximum Gasteiger partial charge on any atom is 0.232 e. The smallest absolute Gasteiger partial charge is 0.232 e. The van der Waals surface area contributed by atoms with Crippen LogP contribution in [0.25, 0.3) is 42.1 Å². The molecule has 0 atom stereocenters. The zero-order chi connectivity index (χ0) is 33.8. The first-order valence-electron chi connectivity index (χ1n) is 16.5. The van der Waals surface area contributed by atoms with Crippen molar-refractivity contribution in [2.75, 3.05) is 0 Å². The first-order valence-corrected chi connectivity index (χ1v) is 19.8. The Balaban J connectivity index is 1.11. The van der Waals surface area contributed by atoms with E-state index in [0.29, 0.717) is 5.57 Å². The fourth-order valence-corrected chi connectivity index (χ4v) is 12.1. The molecule has 1 N–H and O–H groups in total. The van der Waals surface area contributed by atoms with Gasteiger partial charge in [-0.2, -0.15) is 9.84 Å². The van der Waals surface area contributed by atoms with Gasteiger partial charge in [-0.05, 0) is 79.2 Å². The highest BCUT2D eigenvalue weighted by Gasteiger charge is 2.26. The van der Waals surface area contributed by atoms with Crippen molar-refractivity contribution in [3.05, 3.63) is 177 Å². The molecule has 4 nitrogen and oxygen atoms in total. The summed E-state index contributed by atoms with van der Waals surface area (Å²) in [5.41, 5.74) is 8.68. The molecule has 51 heavy (non-hydrogen) atoms. The van der Waals surface area contributed by atoms with Crippen LogP contribution in [0.1, 0.15) is 5.56 Å². The highest BCUT2D eigenvalue weighted by Crippen LogP contribution is 2.43. The Hall–Kier alpha value is -5.69. The Labute approximate surface area is 306 Å². The van der Waals surface area contributed by atoms with E-state index in [-0.39, 0.29) is 5.71 Å². The van der Waals surface area contributed by atoms with E-state index in [1.54, 1.807) is 22.7 Å². The number of rotatable bonds is 4. The predicted molar refractivity (Wildman–Crippen MR) is 212 cm³/mol. The van der Waals surface area contributed by atoms with Gasteiger partial charge in [0.25, 0.3) is 0 Å². The second-order valence-corrected chi connectivity index (χ2v) is 16.6. The number of nitrogens with one attached hydrogen (secondary N) is 1. The average molecular weight is 724 g/mol. The van der Waals surface area contributed by atoms with Crippen molar-refractivity contribution in [2.24, 2.45) is 0 Å². The molecule has 0 bridgehead atoms. The molecular formula is C43H23N4S4+. The molecule has 0 spiro atoms. The monoisotopic (exact) mass is 723 g/mol. The molecule has 0 saturated carbocycles. The first-order chi connectivity index (χ1) is 25.2. The van der Waals surface area contributed by atoms with Gasteiger partial charge in [-0.1, -0.05) is 60.7 Å². The highest BCUT2D eigenvalue weighted by atomic mass is 32.1. The first kappa shape index (κ1) is 29.1. The van der Waals surface area contributed by atoms with Crippen LogP contribution >= 0.6 is 45.3 Å². The lowest BCUT2D eigenvalue weighted by Crippen LogP contribution is -2.16. The summed E-state index contributed by atoms with van der Waals surface area (Å²) in [7, 11) is 0. The molecule has 5 aromatic heterocycles. The maximum absolute atomic E-state index is 10.1. The van der Waals surface area contributed by atoms with Crippen molar-refractivity contribution >= 4 is 88.4 Å². The molecule has 9 aromatic rings. The Morgan fingerprint density at radius 2 is 1.49 bits per heavy atom. The second-order valence-electron chi connectivity index (χ2n) is 12.6. The van der Waals surface area contributed by atoms with E-state index in [9.17, 15) is 5.26 Å². The predicted octanol–water partition coefficient (Wildman–Crippen LogP) is 10.1. The Bertz CT molecular complexity index is 3450. The number of para-hydroxylation sites is 2. The van der Waals surface area contributed by atoms with Gasteiger partial charge in [0.2, 0.25) is 16.7 Å². The SMILES string of the molecule is N#CC(=N)C1=c2cc(-c3cc4c(s3)c3sccc3n4-c3ccccc3)ccc2=c2cc/c(=c3/cc4c(s3)=c3sccc3=[N+]4c3ccccc3)cc21. The van der Waals surface area contributed by atoms with Crippen LogP contribution in [0.15, 0.2) is 132 Å². The lowest BCUT2D eigenvalue weighted by atomic mass is 10.0. The van der Waals surface area contributed by atoms with Crippen molar-refractivity contribution in [1.82, 2.24) is 9.14 Å². The third-order valence-corrected chi connectivity index (χ3v) is 14.4. The van der Waals surface area contributed by atoms with Crippen LogP contribution in [0.3, 0.4) is 0 Å². The zero-order valence-corrected chi connectivity index (χ0v) is 29.9. The summed E-state index contributed by atoms with van der Waals surface area (Å²) < 4.78 is 11.0. The van der Waals surface area contributed by atoms with Gasteiger partial charge in [0.05, 0.1) is 20.4 Å². The van der Waals surface area contributed by atoms with Crippen molar-refractivity contribution in [1.29, 1.82) is 10.7 Å². The Morgan fingerprint density at radius 1 is 0.686 bits per heavy atom. The fourth-order valence-electron chi connectivity index (χ4n) is 7.72. The maximum atomic E-state index is 10.1. The van der Waals surface area contributed by atoms with Gasteiger partial charge < -0.3 is 4.57 Å². The second kappa shape index (κ2) is 10.9. The van der Waals surface area contributed by atoms with Crippen LogP contribution in [-0.4, -0.2) is 10.3 Å². The number of aromatic nitrogens is 1. The van der Waals surface area contributed by atoms with Gasteiger partial charge in [-0.25, -0.2) is 0 Å². The van der Waals surface area contributed by atoms with Crippen LogP contribution in [-0.2, 0) is 0 Å². The molecule has 0 fully saturated rings. The van der Waals surface area contributed by atoms with Crippen LogP contribution < -0.4 is 15.2 Å².